The lowest BCUT2D eigenvalue weighted by Gasteiger charge is -2.20. The molecule has 1 aliphatic heterocycles. The number of aromatic nitrogens is 4. The number of anilines is 2. The highest BCUT2D eigenvalue weighted by molar-refractivity contribution is 6.02. The van der Waals surface area contributed by atoms with Gasteiger partial charge in [0.1, 0.15) is 11.6 Å². The molecule has 0 aromatic carbocycles. The SMILES string of the molecule is CC1(C)CCN(c2ccc3ncc(C(=O)Nc4ccccn4)n3n2)C1. The number of hydrogen-bond donors (Lipinski definition) is 1. The lowest BCUT2D eigenvalue weighted by atomic mass is 9.93. The second kappa shape index (κ2) is 5.84. The minimum atomic E-state index is -0.280. The van der Waals surface area contributed by atoms with E-state index in [1.807, 2.05) is 18.2 Å². The van der Waals surface area contributed by atoms with Gasteiger partial charge in [-0.25, -0.2) is 14.5 Å². The molecule has 0 bridgehead atoms. The molecule has 1 fully saturated rings. The molecule has 0 spiro atoms. The van der Waals surface area contributed by atoms with Crippen molar-refractivity contribution in [3.63, 3.8) is 0 Å². The molecule has 4 rings (SSSR count). The van der Waals surface area contributed by atoms with Crippen molar-refractivity contribution in [2.75, 3.05) is 23.3 Å². The van der Waals surface area contributed by atoms with Crippen molar-refractivity contribution in [3.8, 4) is 0 Å². The van der Waals surface area contributed by atoms with Crippen molar-refractivity contribution in [3.05, 3.63) is 48.4 Å². The van der Waals surface area contributed by atoms with Gasteiger partial charge in [0.25, 0.3) is 5.91 Å². The van der Waals surface area contributed by atoms with Crippen molar-refractivity contribution < 1.29 is 4.79 Å². The zero-order valence-corrected chi connectivity index (χ0v) is 14.3. The third-order valence-corrected chi connectivity index (χ3v) is 4.49. The number of nitrogens with one attached hydrogen (secondary N) is 1. The molecular weight excluding hydrogens is 316 g/mol. The van der Waals surface area contributed by atoms with Gasteiger partial charge >= 0.3 is 0 Å². The zero-order chi connectivity index (χ0) is 17.4. The predicted molar refractivity (Wildman–Crippen MR) is 95.8 cm³/mol. The minimum Gasteiger partial charge on any atom is -0.355 e. The lowest BCUT2D eigenvalue weighted by Crippen LogP contribution is -2.24. The summed E-state index contributed by atoms with van der Waals surface area (Å²) in [4.78, 5) is 23.2. The number of pyridine rings is 1. The Hall–Kier alpha value is -2.96. The Balaban J connectivity index is 1.64. The van der Waals surface area contributed by atoms with Gasteiger partial charge in [0.15, 0.2) is 11.3 Å². The molecule has 1 saturated heterocycles. The van der Waals surface area contributed by atoms with Crippen molar-refractivity contribution in [1.82, 2.24) is 19.6 Å². The molecule has 0 aliphatic carbocycles. The van der Waals surface area contributed by atoms with Gasteiger partial charge in [-0.05, 0) is 36.1 Å². The molecule has 7 nitrogen and oxygen atoms in total. The van der Waals surface area contributed by atoms with E-state index in [0.29, 0.717) is 17.2 Å². The number of fused-ring (bicyclic) bond motifs is 1. The summed E-state index contributed by atoms with van der Waals surface area (Å²) in [6, 6.07) is 9.22. The van der Waals surface area contributed by atoms with Crippen LogP contribution in [0.1, 0.15) is 30.8 Å². The normalized spacial score (nSPS) is 16.3. The van der Waals surface area contributed by atoms with Gasteiger partial charge in [0.05, 0.1) is 6.20 Å². The summed E-state index contributed by atoms with van der Waals surface area (Å²) in [5, 5.41) is 7.42. The Kier molecular flexibility index (Phi) is 3.63. The highest BCUT2D eigenvalue weighted by atomic mass is 16.2. The van der Waals surface area contributed by atoms with Gasteiger partial charge in [0, 0.05) is 19.3 Å². The van der Waals surface area contributed by atoms with E-state index in [1.54, 1.807) is 22.8 Å². The van der Waals surface area contributed by atoms with E-state index in [-0.39, 0.29) is 11.3 Å². The van der Waals surface area contributed by atoms with Gasteiger partial charge in [-0.1, -0.05) is 19.9 Å². The zero-order valence-electron chi connectivity index (χ0n) is 14.3. The van der Waals surface area contributed by atoms with Crippen LogP contribution in [0.3, 0.4) is 0 Å². The van der Waals surface area contributed by atoms with E-state index in [1.165, 1.54) is 6.20 Å². The summed E-state index contributed by atoms with van der Waals surface area (Å²) in [6.07, 6.45) is 4.30. The smallest absolute Gasteiger partial charge is 0.277 e. The molecule has 3 aromatic heterocycles. The Morgan fingerprint density at radius 1 is 1.20 bits per heavy atom. The van der Waals surface area contributed by atoms with Crippen LogP contribution in [0.15, 0.2) is 42.7 Å². The van der Waals surface area contributed by atoms with Crippen molar-refractivity contribution >= 4 is 23.2 Å². The minimum absolute atomic E-state index is 0.280. The Morgan fingerprint density at radius 3 is 2.80 bits per heavy atom. The maximum Gasteiger partial charge on any atom is 0.277 e. The number of hydrogen-bond acceptors (Lipinski definition) is 5. The fourth-order valence-corrected chi connectivity index (χ4v) is 3.11. The summed E-state index contributed by atoms with van der Waals surface area (Å²) < 4.78 is 1.60. The van der Waals surface area contributed by atoms with Crippen LogP contribution in [0.2, 0.25) is 0 Å². The van der Waals surface area contributed by atoms with Crippen LogP contribution in [-0.2, 0) is 0 Å². The molecule has 128 valence electrons. The topological polar surface area (TPSA) is 75.4 Å². The summed E-state index contributed by atoms with van der Waals surface area (Å²) >= 11 is 0. The first-order chi connectivity index (χ1) is 12.0. The standard InChI is InChI=1S/C18H20N6O/c1-18(2)8-10-23(12-18)16-7-6-15-20-11-13(24(15)22-16)17(25)21-14-5-3-4-9-19-14/h3-7,9,11H,8,10,12H2,1-2H3,(H,19,21,25). The third-order valence-electron chi connectivity index (χ3n) is 4.49. The van der Waals surface area contributed by atoms with E-state index >= 15 is 0 Å². The van der Waals surface area contributed by atoms with Crippen LogP contribution in [0, 0.1) is 5.41 Å². The maximum atomic E-state index is 12.6. The number of amides is 1. The number of carbonyl (C=O) groups excluding carboxylic acids is 1. The van der Waals surface area contributed by atoms with Gasteiger partial charge in [0.2, 0.25) is 0 Å². The van der Waals surface area contributed by atoms with Crippen LogP contribution in [0.25, 0.3) is 5.65 Å². The maximum absolute atomic E-state index is 12.6. The molecule has 3 aromatic rings. The van der Waals surface area contributed by atoms with Crippen molar-refractivity contribution in [1.29, 1.82) is 0 Å². The highest BCUT2D eigenvalue weighted by Gasteiger charge is 2.30. The summed E-state index contributed by atoms with van der Waals surface area (Å²) in [6.45, 7) is 6.44. The number of carbonyl (C=O) groups is 1. The van der Waals surface area contributed by atoms with E-state index in [9.17, 15) is 4.79 Å². The molecule has 0 atom stereocenters. The molecule has 4 heterocycles. The van der Waals surface area contributed by atoms with Crippen LogP contribution in [-0.4, -0.2) is 38.6 Å². The number of imidazole rings is 1. The van der Waals surface area contributed by atoms with Gasteiger partial charge < -0.3 is 10.2 Å². The first kappa shape index (κ1) is 15.6. The summed E-state index contributed by atoms with van der Waals surface area (Å²) in [5.74, 6) is 1.08. The van der Waals surface area contributed by atoms with E-state index < -0.39 is 0 Å². The molecule has 25 heavy (non-hydrogen) atoms. The first-order valence-corrected chi connectivity index (χ1v) is 8.34. The van der Waals surface area contributed by atoms with Crippen molar-refractivity contribution in [2.45, 2.75) is 20.3 Å². The molecule has 0 unspecified atom stereocenters. The predicted octanol–water partition coefficient (Wildman–Crippen LogP) is 2.61. The number of rotatable bonds is 3. The molecule has 0 saturated carbocycles. The highest BCUT2D eigenvalue weighted by Crippen LogP contribution is 2.31. The largest absolute Gasteiger partial charge is 0.355 e. The molecule has 1 amide bonds. The van der Waals surface area contributed by atoms with Gasteiger partial charge in [-0.3, -0.25) is 4.79 Å². The first-order valence-electron chi connectivity index (χ1n) is 8.34. The summed E-state index contributed by atoms with van der Waals surface area (Å²) in [7, 11) is 0. The average molecular weight is 336 g/mol. The van der Waals surface area contributed by atoms with Gasteiger partial charge in [-0.2, -0.15) is 0 Å². The van der Waals surface area contributed by atoms with Crippen LogP contribution < -0.4 is 10.2 Å². The Labute approximate surface area is 145 Å². The van der Waals surface area contributed by atoms with Crippen LogP contribution in [0.5, 0.6) is 0 Å². The molecule has 7 heteroatoms. The fourth-order valence-electron chi connectivity index (χ4n) is 3.11. The molecule has 0 radical (unpaired) electrons. The Bertz CT molecular complexity index is 918. The molecule has 1 N–H and O–H groups in total. The lowest BCUT2D eigenvalue weighted by molar-refractivity contribution is 0.102. The van der Waals surface area contributed by atoms with Crippen LogP contribution in [0.4, 0.5) is 11.6 Å². The van der Waals surface area contributed by atoms with E-state index in [4.69, 9.17) is 0 Å². The van der Waals surface area contributed by atoms with Crippen molar-refractivity contribution in [2.24, 2.45) is 5.41 Å². The van der Waals surface area contributed by atoms with E-state index in [2.05, 4.69) is 39.1 Å². The molecule has 1 aliphatic rings. The second-order valence-electron chi connectivity index (χ2n) is 7.11. The average Bonchev–Trinajstić information content (AvgIpc) is 3.18. The summed E-state index contributed by atoms with van der Waals surface area (Å²) in [5.41, 5.74) is 1.32. The Morgan fingerprint density at radius 2 is 2.08 bits per heavy atom. The third kappa shape index (κ3) is 3.05. The van der Waals surface area contributed by atoms with Gasteiger partial charge in [-0.15, -0.1) is 5.10 Å². The van der Waals surface area contributed by atoms with E-state index in [0.717, 1.165) is 25.3 Å². The van der Waals surface area contributed by atoms with Crippen LogP contribution >= 0.6 is 0 Å². The quantitative estimate of drug-likeness (QED) is 0.796. The fraction of sp³-hybridized carbons (Fsp3) is 0.333. The molecular formula is C18H20N6O. The number of nitrogens with zero attached hydrogens (tertiary/aromatic N) is 5. The monoisotopic (exact) mass is 336 g/mol. The second-order valence-corrected chi connectivity index (χ2v) is 7.11.